The third-order valence-corrected chi connectivity index (χ3v) is 3.04. The third-order valence-electron chi connectivity index (χ3n) is 3.04. The standard InChI is InChI=1S/C15H17NO4/c1-2-3-9-19-14(17)10-16-13(11-20-15(16)18)12-7-5-4-6-8-12/h2-8,13H,9-11H2,1H3/b3-2+/t13-/m0/s1. The highest BCUT2D eigenvalue weighted by Crippen LogP contribution is 2.27. The fraction of sp³-hybridized carbons (Fsp3) is 0.333. The zero-order valence-corrected chi connectivity index (χ0v) is 11.3. The molecule has 1 aromatic rings. The van der Waals surface area contributed by atoms with Crippen molar-refractivity contribution in [1.82, 2.24) is 4.90 Å². The quantitative estimate of drug-likeness (QED) is 0.611. The van der Waals surface area contributed by atoms with E-state index in [9.17, 15) is 9.59 Å². The molecule has 0 aromatic heterocycles. The maximum Gasteiger partial charge on any atom is 0.411 e. The van der Waals surface area contributed by atoms with Crippen LogP contribution in [0, 0.1) is 0 Å². The van der Waals surface area contributed by atoms with E-state index in [1.165, 1.54) is 4.90 Å². The summed E-state index contributed by atoms with van der Waals surface area (Å²) in [5, 5.41) is 0. The molecule has 0 bridgehead atoms. The molecular formula is C15H17NO4. The number of ether oxygens (including phenoxy) is 2. The fourth-order valence-corrected chi connectivity index (χ4v) is 2.00. The lowest BCUT2D eigenvalue weighted by Gasteiger charge is -2.20. The Morgan fingerprint density at radius 3 is 2.90 bits per heavy atom. The summed E-state index contributed by atoms with van der Waals surface area (Å²) in [4.78, 5) is 24.8. The van der Waals surface area contributed by atoms with Crippen LogP contribution in [0.3, 0.4) is 0 Å². The summed E-state index contributed by atoms with van der Waals surface area (Å²) in [7, 11) is 0. The lowest BCUT2D eigenvalue weighted by molar-refractivity contribution is -0.143. The van der Waals surface area contributed by atoms with Crippen LogP contribution in [0.15, 0.2) is 42.5 Å². The van der Waals surface area contributed by atoms with Gasteiger partial charge in [-0.2, -0.15) is 0 Å². The minimum Gasteiger partial charge on any atom is -0.460 e. The summed E-state index contributed by atoms with van der Waals surface area (Å²) in [6.07, 6.45) is 3.04. The fourth-order valence-electron chi connectivity index (χ4n) is 2.00. The molecule has 1 aromatic carbocycles. The first-order chi connectivity index (χ1) is 9.72. The SMILES string of the molecule is C/C=C/COC(=O)CN1C(=O)OC[C@H]1c1ccccc1. The molecule has 0 radical (unpaired) electrons. The zero-order chi connectivity index (χ0) is 14.4. The highest BCUT2D eigenvalue weighted by molar-refractivity contribution is 5.79. The summed E-state index contributed by atoms with van der Waals surface area (Å²) >= 11 is 0. The monoisotopic (exact) mass is 275 g/mol. The third kappa shape index (κ3) is 3.38. The number of rotatable bonds is 5. The molecule has 5 heteroatoms. The molecule has 1 fully saturated rings. The molecule has 0 saturated carbocycles. The van der Waals surface area contributed by atoms with Gasteiger partial charge in [-0.05, 0) is 12.5 Å². The molecule has 0 aliphatic carbocycles. The van der Waals surface area contributed by atoms with Crippen LogP contribution in [0.2, 0.25) is 0 Å². The van der Waals surface area contributed by atoms with E-state index in [2.05, 4.69) is 0 Å². The molecule has 20 heavy (non-hydrogen) atoms. The minimum absolute atomic E-state index is 0.101. The highest BCUT2D eigenvalue weighted by Gasteiger charge is 2.35. The number of cyclic esters (lactones) is 1. The average Bonchev–Trinajstić information content (AvgIpc) is 2.82. The summed E-state index contributed by atoms with van der Waals surface area (Å²) in [6.45, 7) is 2.21. The van der Waals surface area contributed by atoms with Crippen LogP contribution in [0.1, 0.15) is 18.5 Å². The van der Waals surface area contributed by atoms with Crippen LogP contribution in [0.4, 0.5) is 4.79 Å². The van der Waals surface area contributed by atoms with Gasteiger partial charge in [-0.3, -0.25) is 9.69 Å². The molecule has 0 N–H and O–H groups in total. The lowest BCUT2D eigenvalue weighted by Crippen LogP contribution is -2.34. The Morgan fingerprint density at radius 1 is 1.45 bits per heavy atom. The second kappa shape index (κ2) is 6.75. The van der Waals surface area contributed by atoms with Gasteiger partial charge in [-0.1, -0.05) is 42.5 Å². The molecule has 1 amide bonds. The van der Waals surface area contributed by atoms with Crippen molar-refractivity contribution in [3.63, 3.8) is 0 Å². The summed E-state index contributed by atoms with van der Waals surface area (Å²) in [5.74, 6) is -0.442. The molecule has 0 spiro atoms. The number of benzene rings is 1. The first-order valence-corrected chi connectivity index (χ1v) is 6.47. The van der Waals surface area contributed by atoms with E-state index in [1.807, 2.05) is 37.3 Å². The van der Waals surface area contributed by atoms with E-state index >= 15 is 0 Å². The van der Waals surface area contributed by atoms with Gasteiger partial charge in [0, 0.05) is 0 Å². The Bertz CT molecular complexity index is 498. The van der Waals surface area contributed by atoms with E-state index in [0.29, 0.717) is 0 Å². The maximum atomic E-state index is 11.7. The Labute approximate surface area is 117 Å². The number of hydrogen-bond acceptors (Lipinski definition) is 4. The van der Waals surface area contributed by atoms with Gasteiger partial charge < -0.3 is 9.47 Å². The van der Waals surface area contributed by atoms with Gasteiger partial charge in [0.1, 0.15) is 19.8 Å². The van der Waals surface area contributed by atoms with E-state index in [-0.39, 0.29) is 25.8 Å². The van der Waals surface area contributed by atoms with E-state index < -0.39 is 12.1 Å². The van der Waals surface area contributed by atoms with Crippen molar-refractivity contribution in [2.24, 2.45) is 0 Å². The molecule has 0 unspecified atom stereocenters. The molecule has 1 aliphatic heterocycles. The normalized spacial score (nSPS) is 18.4. The van der Waals surface area contributed by atoms with Crippen LogP contribution in [0.5, 0.6) is 0 Å². The van der Waals surface area contributed by atoms with Gasteiger partial charge in [-0.25, -0.2) is 4.79 Å². The van der Waals surface area contributed by atoms with Crippen LogP contribution in [-0.2, 0) is 14.3 Å². The van der Waals surface area contributed by atoms with Crippen molar-refractivity contribution < 1.29 is 19.1 Å². The van der Waals surface area contributed by atoms with Crippen molar-refractivity contribution in [2.45, 2.75) is 13.0 Å². The number of carbonyl (C=O) groups is 2. The van der Waals surface area contributed by atoms with Crippen LogP contribution in [0.25, 0.3) is 0 Å². The molecule has 106 valence electrons. The number of amides is 1. The molecule has 1 atom stereocenters. The maximum absolute atomic E-state index is 11.7. The molecule has 2 rings (SSSR count). The van der Waals surface area contributed by atoms with Crippen molar-refractivity contribution in [3.05, 3.63) is 48.0 Å². The Morgan fingerprint density at radius 2 is 2.20 bits per heavy atom. The number of esters is 1. The second-order valence-corrected chi connectivity index (χ2v) is 4.38. The summed E-state index contributed by atoms with van der Waals surface area (Å²) in [6, 6.07) is 9.26. The Balaban J connectivity index is 2.00. The van der Waals surface area contributed by atoms with Gasteiger partial charge in [0.15, 0.2) is 0 Å². The molecular weight excluding hydrogens is 258 g/mol. The number of hydrogen-bond donors (Lipinski definition) is 0. The van der Waals surface area contributed by atoms with Crippen molar-refractivity contribution in [3.8, 4) is 0 Å². The van der Waals surface area contributed by atoms with Gasteiger partial charge in [0.2, 0.25) is 0 Å². The van der Waals surface area contributed by atoms with Gasteiger partial charge in [0.05, 0.1) is 6.04 Å². The second-order valence-electron chi connectivity index (χ2n) is 4.38. The number of nitrogens with zero attached hydrogens (tertiary/aromatic N) is 1. The van der Waals surface area contributed by atoms with Crippen LogP contribution < -0.4 is 0 Å². The first-order valence-electron chi connectivity index (χ1n) is 6.47. The molecule has 1 aliphatic rings. The summed E-state index contributed by atoms with van der Waals surface area (Å²) < 4.78 is 10.0. The van der Waals surface area contributed by atoms with Gasteiger partial charge in [0.25, 0.3) is 0 Å². The highest BCUT2D eigenvalue weighted by atomic mass is 16.6. The lowest BCUT2D eigenvalue weighted by atomic mass is 10.1. The molecule has 1 heterocycles. The Hall–Kier alpha value is -2.30. The number of carbonyl (C=O) groups excluding carboxylic acids is 2. The van der Waals surface area contributed by atoms with E-state index in [1.54, 1.807) is 12.2 Å². The van der Waals surface area contributed by atoms with E-state index in [4.69, 9.17) is 9.47 Å². The van der Waals surface area contributed by atoms with Crippen molar-refractivity contribution in [1.29, 1.82) is 0 Å². The van der Waals surface area contributed by atoms with Gasteiger partial charge in [-0.15, -0.1) is 0 Å². The molecule has 1 saturated heterocycles. The minimum atomic E-state index is -0.484. The van der Waals surface area contributed by atoms with E-state index in [0.717, 1.165) is 5.56 Å². The average molecular weight is 275 g/mol. The van der Waals surface area contributed by atoms with Crippen molar-refractivity contribution in [2.75, 3.05) is 19.8 Å². The number of allylic oxidation sites excluding steroid dienone is 1. The largest absolute Gasteiger partial charge is 0.460 e. The topological polar surface area (TPSA) is 55.8 Å². The predicted molar refractivity (Wildman–Crippen MR) is 73.0 cm³/mol. The van der Waals surface area contributed by atoms with Crippen LogP contribution in [-0.4, -0.2) is 36.7 Å². The zero-order valence-electron chi connectivity index (χ0n) is 11.3. The summed E-state index contributed by atoms with van der Waals surface area (Å²) in [5.41, 5.74) is 0.944. The van der Waals surface area contributed by atoms with Crippen molar-refractivity contribution >= 4 is 12.1 Å². The Kier molecular flexibility index (Phi) is 4.76. The smallest absolute Gasteiger partial charge is 0.411 e. The van der Waals surface area contributed by atoms with Crippen LogP contribution >= 0.6 is 0 Å². The predicted octanol–water partition coefficient (Wildman–Crippen LogP) is 2.30. The molecule has 5 nitrogen and oxygen atoms in total. The van der Waals surface area contributed by atoms with Gasteiger partial charge >= 0.3 is 12.1 Å². The first kappa shape index (κ1) is 14.1.